The molecule has 0 radical (unpaired) electrons. The summed E-state index contributed by atoms with van der Waals surface area (Å²) in [5.74, 6) is 1.64. The molecular formula is C23H23NO3. The molecule has 1 aliphatic rings. The third-order valence-electron chi connectivity index (χ3n) is 5.03. The molecule has 4 rings (SSSR count). The van der Waals surface area contributed by atoms with Gasteiger partial charge < -0.3 is 9.47 Å². The van der Waals surface area contributed by atoms with E-state index < -0.39 is 0 Å². The van der Waals surface area contributed by atoms with Gasteiger partial charge in [-0.2, -0.15) is 0 Å². The lowest BCUT2D eigenvalue weighted by molar-refractivity contribution is -0.135. The fraction of sp³-hybridized carbons (Fsp3) is 0.304. The van der Waals surface area contributed by atoms with Crippen molar-refractivity contribution in [1.29, 1.82) is 0 Å². The summed E-state index contributed by atoms with van der Waals surface area (Å²) in [6, 6.07) is 19.2. The van der Waals surface area contributed by atoms with Gasteiger partial charge >= 0.3 is 5.97 Å². The van der Waals surface area contributed by atoms with E-state index in [0.717, 1.165) is 35.2 Å². The SMILES string of the molecule is O=C(CC1CCCC1)Oc1ccc(OCc2ccc3ccccc3n2)cc1. The minimum absolute atomic E-state index is 0.143. The number of aromatic nitrogens is 1. The van der Waals surface area contributed by atoms with E-state index in [2.05, 4.69) is 4.98 Å². The van der Waals surface area contributed by atoms with Crippen molar-refractivity contribution in [3.63, 3.8) is 0 Å². The maximum atomic E-state index is 12.0. The Morgan fingerprint density at radius 3 is 2.48 bits per heavy atom. The van der Waals surface area contributed by atoms with Crippen molar-refractivity contribution in [2.45, 2.75) is 38.7 Å². The number of fused-ring (bicyclic) bond motifs is 1. The first-order chi connectivity index (χ1) is 13.3. The predicted molar refractivity (Wildman–Crippen MR) is 105 cm³/mol. The molecule has 0 aliphatic heterocycles. The molecule has 2 aromatic carbocycles. The van der Waals surface area contributed by atoms with Gasteiger partial charge in [-0.3, -0.25) is 4.79 Å². The Hall–Kier alpha value is -2.88. The molecule has 1 aliphatic carbocycles. The number of nitrogens with zero attached hydrogens (tertiary/aromatic N) is 1. The first-order valence-electron chi connectivity index (χ1n) is 9.54. The van der Waals surface area contributed by atoms with Crippen LogP contribution in [0.2, 0.25) is 0 Å². The molecule has 1 heterocycles. The van der Waals surface area contributed by atoms with E-state index in [4.69, 9.17) is 9.47 Å². The van der Waals surface area contributed by atoms with Gasteiger partial charge in [-0.05, 0) is 55.2 Å². The highest BCUT2D eigenvalue weighted by Crippen LogP contribution is 2.28. The zero-order chi connectivity index (χ0) is 18.5. The van der Waals surface area contributed by atoms with Crippen molar-refractivity contribution in [2.75, 3.05) is 0 Å². The van der Waals surface area contributed by atoms with Gasteiger partial charge in [-0.15, -0.1) is 0 Å². The Morgan fingerprint density at radius 1 is 0.926 bits per heavy atom. The van der Waals surface area contributed by atoms with Crippen LogP contribution in [0, 0.1) is 5.92 Å². The third-order valence-corrected chi connectivity index (χ3v) is 5.03. The second-order valence-corrected chi connectivity index (χ2v) is 7.08. The molecule has 1 aromatic heterocycles. The number of carbonyl (C=O) groups is 1. The minimum Gasteiger partial charge on any atom is -0.487 e. The topological polar surface area (TPSA) is 48.4 Å². The maximum absolute atomic E-state index is 12.0. The van der Waals surface area contributed by atoms with Crippen molar-refractivity contribution in [3.05, 3.63) is 66.4 Å². The summed E-state index contributed by atoms with van der Waals surface area (Å²) >= 11 is 0. The summed E-state index contributed by atoms with van der Waals surface area (Å²) in [5.41, 5.74) is 1.84. The lowest BCUT2D eigenvalue weighted by atomic mass is 10.0. The first-order valence-corrected chi connectivity index (χ1v) is 9.54. The highest BCUT2D eigenvalue weighted by atomic mass is 16.5. The predicted octanol–water partition coefficient (Wildman–Crippen LogP) is 5.30. The van der Waals surface area contributed by atoms with E-state index in [1.807, 2.05) is 48.5 Å². The van der Waals surface area contributed by atoms with Crippen molar-refractivity contribution in [2.24, 2.45) is 5.92 Å². The Balaban J connectivity index is 1.31. The molecule has 4 nitrogen and oxygen atoms in total. The van der Waals surface area contributed by atoms with Crippen molar-refractivity contribution < 1.29 is 14.3 Å². The van der Waals surface area contributed by atoms with Crippen LogP contribution in [-0.4, -0.2) is 11.0 Å². The molecule has 138 valence electrons. The lowest BCUT2D eigenvalue weighted by Crippen LogP contribution is -2.12. The highest BCUT2D eigenvalue weighted by Gasteiger charge is 2.19. The zero-order valence-electron chi connectivity index (χ0n) is 15.3. The number of benzene rings is 2. The summed E-state index contributed by atoms with van der Waals surface area (Å²) in [4.78, 5) is 16.6. The van der Waals surface area contributed by atoms with Crippen LogP contribution in [0.15, 0.2) is 60.7 Å². The number of esters is 1. The number of ether oxygens (including phenoxy) is 2. The molecule has 0 bridgehead atoms. The Labute approximate surface area is 159 Å². The minimum atomic E-state index is -0.143. The third kappa shape index (κ3) is 4.64. The van der Waals surface area contributed by atoms with E-state index in [-0.39, 0.29) is 5.97 Å². The molecule has 0 N–H and O–H groups in total. The molecule has 1 saturated carbocycles. The van der Waals surface area contributed by atoms with Crippen LogP contribution in [0.25, 0.3) is 10.9 Å². The summed E-state index contributed by atoms with van der Waals surface area (Å²) in [5, 5.41) is 1.12. The van der Waals surface area contributed by atoms with Crippen LogP contribution in [0.4, 0.5) is 0 Å². The summed E-state index contributed by atoms with van der Waals surface area (Å²) in [6.07, 6.45) is 5.27. The van der Waals surface area contributed by atoms with Gasteiger partial charge in [0.1, 0.15) is 18.1 Å². The van der Waals surface area contributed by atoms with Gasteiger partial charge in [0, 0.05) is 11.8 Å². The number of pyridine rings is 1. The molecule has 0 spiro atoms. The summed E-state index contributed by atoms with van der Waals surface area (Å²) in [7, 11) is 0. The molecule has 4 heteroatoms. The Kier molecular flexibility index (Phi) is 5.33. The van der Waals surface area contributed by atoms with Crippen molar-refractivity contribution in [3.8, 4) is 11.5 Å². The molecule has 0 atom stereocenters. The van der Waals surface area contributed by atoms with E-state index in [0.29, 0.717) is 24.7 Å². The molecule has 27 heavy (non-hydrogen) atoms. The van der Waals surface area contributed by atoms with E-state index in [1.165, 1.54) is 12.8 Å². The van der Waals surface area contributed by atoms with Gasteiger partial charge in [0.15, 0.2) is 0 Å². The number of hydrogen-bond donors (Lipinski definition) is 0. The van der Waals surface area contributed by atoms with Crippen LogP contribution in [0.1, 0.15) is 37.8 Å². The Morgan fingerprint density at radius 2 is 1.67 bits per heavy atom. The normalized spacial score (nSPS) is 14.4. The standard InChI is InChI=1S/C23H23NO3/c25-23(15-17-5-1-2-6-17)27-21-13-11-20(12-14-21)26-16-19-10-9-18-7-3-4-8-22(18)24-19/h3-4,7-14,17H,1-2,5-6,15-16H2. The van der Waals surface area contributed by atoms with E-state index in [9.17, 15) is 4.79 Å². The maximum Gasteiger partial charge on any atom is 0.311 e. The second kappa shape index (κ2) is 8.21. The molecule has 0 amide bonds. The van der Waals surface area contributed by atoms with Gasteiger partial charge in [0.25, 0.3) is 0 Å². The van der Waals surface area contributed by atoms with Gasteiger partial charge in [0.2, 0.25) is 0 Å². The van der Waals surface area contributed by atoms with E-state index in [1.54, 1.807) is 12.1 Å². The lowest BCUT2D eigenvalue weighted by Gasteiger charge is -2.10. The van der Waals surface area contributed by atoms with Crippen molar-refractivity contribution in [1.82, 2.24) is 4.98 Å². The van der Waals surface area contributed by atoms with Crippen LogP contribution in [0.3, 0.4) is 0 Å². The zero-order valence-corrected chi connectivity index (χ0v) is 15.3. The molecule has 3 aromatic rings. The fourth-order valence-corrected chi connectivity index (χ4v) is 3.57. The van der Waals surface area contributed by atoms with E-state index >= 15 is 0 Å². The largest absolute Gasteiger partial charge is 0.487 e. The van der Waals surface area contributed by atoms with Crippen LogP contribution < -0.4 is 9.47 Å². The first kappa shape index (κ1) is 17.5. The number of carbonyl (C=O) groups excluding carboxylic acids is 1. The number of hydrogen-bond acceptors (Lipinski definition) is 4. The molecule has 0 unspecified atom stereocenters. The number of para-hydroxylation sites is 1. The van der Waals surface area contributed by atoms with Crippen LogP contribution in [-0.2, 0) is 11.4 Å². The second-order valence-electron chi connectivity index (χ2n) is 7.08. The average Bonchev–Trinajstić information content (AvgIpc) is 3.20. The van der Waals surface area contributed by atoms with Gasteiger partial charge in [-0.1, -0.05) is 37.1 Å². The summed E-state index contributed by atoms with van der Waals surface area (Å²) in [6.45, 7) is 0.394. The fourth-order valence-electron chi connectivity index (χ4n) is 3.57. The van der Waals surface area contributed by atoms with Crippen molar-refractivity contribution >= 4 is 16.9 Å². The van der Waals surface area contributed by atoms with Crippen LogP contribution >= 0.6 is 0 Å². The molecular weight excluding hydrogens is 338 g/mol. The quantitative estimate of drug-likeness (QED) is 0.441. The van der Waals surface area contributed by atoms with Crippen LogP contribution in [0.5, 0.6) is 11.5 Å². The summed E-state index contributed by atoms with van der Waals surface area (Å²) < 4.78 is 11.2. The van der Waals surface area contributed by atoms with Gasteiger partial charge in [-0.25, -0.2) is 4.98 Å². The smallest absolute Gasteiger partial charge is 0.311 e. The van der Waals surface area contributed by atoms with Gasteiger partial charge in [0.05, 0.1) is 11.2 Å². The molecule has 0 saturated heterocycles. The molecule has 1 fully saturated rings. The number of rotatable bonds is 6. The average molecular weight is 361 g/mol. The highest BCUT2D eigenvalue weighted by molar-refractivity contribution is 5.78. The Bertz CT molecular complexity index is 914. The monoisotopic (exact) mass is 361 g/mol.